The minimum atomic E-state index is -1.08. The fraction of sp³-hybridized carbons (Fsp3) is 0.500. The van der Waals surface area contributed by atoms with Crippen molar-refractivity contribution >= 4 is 17.9 Å². The van der Waals surface area contributed by atoms with Crippen LogP contribution in [0.1, 0.15) is 20.8 Å². The molecule has 0 aliphatic heterocycles. The molecule has 9 heteroatoms. The van der Waals surface area contributed by atoms with E-state index in [9.17, 15) is 0 Å². The SMILES string of the molecule is CC(=O)[O-].CC(=O)[O-].CC(=O)[O-].[Na+].[O]=[Zr+2]. The molecular weight excluding hydrogens is 298 g/mol. The number of rotatable bonds is 0. The number of carboxylic acids is 3. The van der Waals surface area contributed by atoms with Gasteiger partial charge in [-0.1, -0.05) is 0 Å². The third kappa shape index (κ3) is 238000. The molecule has 0 spiro atoms. The maximum absolute atomic E-state index is 8.89. The molecule has 0 aromatic carbocycles. The number of carboxylic acid groups (broad SMARTS) is 3. The molecule has 0 aromatic rings. The zero-order chi connectivity index (χ0) is 12.7. The molecule has 0 rings (SSSR count). The summed E-state index contributed by atoms with van der Waals surface area (Å²) in [5.41, 5.74) is 0. The fourth-order valence-corrected chi connectivity index (χ4v) is 0. The molecule has 15 heavy (non-hydrogen) atoms. The predicted molar refractivity (Wildman–Crippen MR) is 32.7 cm³/mol. The zero-order valence-electron chi connectivity index (χ0n) is 8.86. The summed E-state index contributed by atoms with van der Waals surface area (Å²) >= 11 is 0.300. The first kappa shape index (κ1) is 29.4. The van der Waals surface area contributed by atoms with Gasteiger partial charge in [-0.3, -0.25) is 0 Å². The minimum absolute atomic E-state index is 0. The molecule has 0 amide bonds. The first-order valence-electron chi connectivity index (χ1n) is 2.93. The molecule has 0 aliphatic rings. The maximum atomic E-state index is 8.89. The van der Waals surface area contributed by atoms with Crippen LogP contribution >= 0.6 is 0 Å². The van der Waals surface area contributed by atoms with E-state index in [4.69, 9.17) is 32.5 Å². The summed E-state index contributed by atoms with van der Waals surface area (Å²) in [4.78, 5) is 26.7. The summed E-state index contributed by atoms with van der Waals surface area (Å²) in [5.74, 6) is -3.25. The number of carbonyl (C=O) groups excluding carboxylic acids is 3. The van der Waals surface area contributed by atoms with Gasteiger partial charge in [0.25, 0.3) is 0 Å². The van der Waals surface area contributed by atoms with Crippen molar-refractivity contribution in [3.63, 3.8) is 0 Å². The van der Waals surface area contributed by atoms with Crippen LogP contribution in [0.3, 0.4) is 0 Å². The second kappa shape index (κ2) is 29.2. The van der Waals surface area contributed by atoms with E-state index in [2.05, 4.69) is 0 Å². The Kier molecular flexibility index (Phi) is 57.3. The standard InChI is InChI=1S/3C2H4O2.Na.O.Zr/c3*1-2(3)4;;;/h3*1H3,(H,3,4);;;/q;;;+1;;+2/p-3. The van der Waals surface area contributed by atoms with Crippen molar-refractivity contribution in [2.45, 2.75) is 20.8 Å². The van der Waals surface area contributed by atoms with Crippen LogP contribution in [0.25, 0.3) is 0 Å². The van der Waals surface area contributed by atoms with Gasteiger partial charge in [-0.2, -0.15) is 0 Å². The monoisotopic (exact) mass is 306 g/mol. The Morgan fingerprint density at radius 1 is 0.733 bits per heavy atom. The molecule has 0 bridgehead atoms. The average molecular weight is 307 g/mol. The number of carbonyl (C=O) groups is 3. The average Bonchev–Trinajstić information content (AvgIpc) is 1.86. The summed E-state index contributed by atoms with van der Waals surface area (Å²) in [6.45, 7) is 2.92. The molecule has 0 saturated heterocycles. The molecular formula is C6H9NaO7Zr. The van der Waals surface area contributed by atoms with Gasteiger partial charge in [0.1, 0.15) is 0 Å². The first-order valence-corrected chi connectivity index (χ1v) is 3.93. The van der Waals surface area contributed by atoms with Gasteiger partial charge < -0.3 is 29.7 Å². The Morgan fingerprint density at radius 2 is 0.733 bits per heavy atom. The molecule has 0 aliphatic carbocycles. The third-order valence-corrected chi connectivity index (χ3v) is 0. The quantitative estimate of drug-likeness (QED) is 0.405. The van der Waals surface area contributed by atoms with Crippen LogP contribution in [0, 0.1) is 0 Å². The Balaban J connectivity index is -0.0000000298. The van der Waals surface area contributed by atoms with E-state index in [1.807, 2.05) is 0 Å². The van der Waals surface area contributed by atoms with E-state index in [1.54, 1.807) is 0 Å². The van der Waals surface area contributed by atoms with Crippen LogP contribution in [0.5, 0.6) is 0 Å². The Labute approximate surface area is 124 Å². The molecule has 0 unspecified atom stereocenters. The van der Waals surface area contributed by atoms with Crippen molar-refractivity contribution in [3.8, 4) is 0 Å². The normalized spacial score (nSPS) is 5.40. The topological polar surface area (TPSA) is 137 Å². The number of hydrogen-bond donors (Lipinski definition) is 0. The molecule has 0 saturated carbocycles. The molecule has 0 atom stereocenters. The van der Waals surface area contributed by atoms with Crippen molar-refractivity contribution in [3.05, 3.63) is 0 Å². The molecule has 0 radical (unpaired) electrons. The third-order valence-electron chi connectivity index (χ3n) is 0. The van der Waals surface area contributed by atoms with Gasteiger partial charge in [-0.05, 0) is 20.8 Å². The van der Waals surface area contributed by atoms with Crippen LogP contribution in [0.2, 0.25) is 0 Å². The van der Waals surface area contributed by atoms with Crippen molar-refractivity contribution in [2.75, 3.05) is 0 Å². The van der Waals surface area contributed by atoms with Gasteiger partial charge in [0.05, 0.1) is 0 Å². The van der Waals surface area contributed by atoms with E-state index in [-0.39, 0.29) is 29.6 Å². The van der Waals surface area contributed by atoms with Crippen LogP contribution < -0.4 is 44.9 Å². The van der Waals surface area contributed by atoms with E-state index >= 15 is 0 Å². The zero-order valence-corrected chi connectivity index (χ0v) is 13.3. The predicted octanol–water partition coefficient (Wildman–Crippen LogP) is -6.85. The van der Waals surface area contributed by atoms with E-state index in [0.29, 0.717) is 24.7 Å². The fourth-order valence-electron chi connectivity index (χ4n) is 0. The summed E-state index contributed by atoms with van der Waals surface area (Å²) in [5, 5.41) is 26.7. The Bertz CT molecular complexity index is 132. The van der Waals surface area contributed by atoms with Crippen LogP contribution in [-0.2, 0) is 41.9 Å². The summed E-state index contributed by atoms with van der Waals surface area (Å²) in [6.07, 6.45) is 0. The van der Waals surface area contributed by atoms with E-state index in [1.165, 1.54) is 0 Å². The van der Waals surface area contributed by atoms with Gasteiger partial charge in [-0.15, -0.1) is 0 Å². The molecule has 0 aromatic heterocycles. The van der Waals surface area contributed by atoms with Crippen molar-refractivity contribution in [1.29, 1.82) is 0 Å². The Morgan fingerprint density at radius 3 is 0.733 bits per heavy atom. The van der Waals surface area contributed by atoms with Crippen molar-refractivity contribution in [2.24, 2.45) is 0 Å². The van der Waals surface area contributed by atoms with Crippen molar-refractivity contribution < 1.29 is 86.8 Å². The van der Waals surface area contributed by atoms with Crippen LogP contribution in [0.15, 0.2) is 0 Å². The van der Waals surface area contributed by atoms with Crippen LogP contribution in [0.4, 0.5) is 0 Å². The molecule has 80 valence electrons. The number of hydrogen-bond acceptors (Lipinski definition) is 7. The summed E-state index contributed by atoms with van der Waals surface area (Å²) in [6, 6.07) is 0. The van der Waals surface area contributed by atoms with E-state index < -0.39 is 17.9 Å². The molecule has 0 heterocycles. The van der Waals surface area contributed by atoms with Crippen LogP contribution in [-0.4, -0.2) is 17.9 Å². The van der Waals surface area contributed by atoms with Gasteiger partial charge >= 0.3 is 57.1 Å². The second-order valence-electron chi connectivity index (χ2n) is 1.47. The summed E-state index contributed by atoms with van der Waals surface area (Å²) < 4.78 is 8.34. The van der Waals surface area contributed by atoms with Gasteiger partial charge in [0.2, 0.25) is 0 Å². The molecule has 7 nitrogen and oxygen atoms in total. The van der Waals surface area contributed by atoms with Crippen molar-refractivity contribution in [1.82, 2.24) is 0 Å². The summed E-state index contributed by atoms with van der Waals surface area (Å²) in [7, 11) is 0. The molecule has 0 fully saturated rings. The van der Waals surface area contributed by atoms with E-state index in [0.717, 1.165) is 20.8 Å². The van der Waals surface area contributed by atoms with Gasteiger partial charge in [0, 0.05) is 17.9 Å². The molecule has 0 N–H and O–H groups in total. The van der Waals surface area contributed by atoms with Gasteiger partial charge in [0.15, 0.2) is 0 Å². The van der Waals surface area contributed by atoms with Gasteiger partial charge in [-0.25, -0.2) is 0 Å². The first-order chi connectivity index (χ1) is 6.20. The second-order valence-corrected chi connectivity index (χ2v) is 1.47. The number of aliphatic carboxylic acids is 3. The Hall–Kier alpha value is 0.0931.